The van der Waals surface area contributed by atoms with Crippen LogP contribution in [0.25, 0.3) is 17.0 Å². The highest BCUT2D eigenvalue weighted by Gasteiger charge is 2.38. The molecule has 35 heavy (non-hydrogen) atoms. The second-order valence-electron chi connectivity index (χ2n) is 9.38. The molecule has 2 aromatic carbocycles. The Labute approximate surface area is 208 Å². The van der Waals surface area contributed by atoms with Gasteiger partial charge in [0.2, 0.25) is 5.17 Å². The number of hydrogen-bond donors (Lipinski definition) is 1. The minimum Gasteiger partial charge on any atom is -0.340 e. The van der Waals surface area contributed by atoms with Crippen LogP contribution in [0.3, 0.4) is 0 Å². The number of hydrazone groups is 1. The van der Waals surface area contributed by atoms with Crippen LogP contribution < -0.4 is 0 Å². The number of nitrogens with one attached hydrogen (secondary N) is 1. The molecule has 0 radical (unpaired) electrons. The summed E-state index contributed by atoms with van der Waals surface area (Å²) in [5.74, 6) is 0.154. The predicted molar refractivity (Wildman–Crippen MR) is 144 cm³/mol. The van der Waals surface area contributed by atoms with Gasteiger partial charge in [-0.1, -0.05) is 67.8 Å². The van der Waals surface area contributed by atoms with Crippen molar-refractivity contribution in [3.8, 4) is 0 Å². The fourth-order valence-electron chi connectivity index (χ4n) is 5.28. The number of carbonyl (C=O) groups is 1. The molecule has 1 aromatic heterocycles. The molecule has 6 nitrogen and oxygen atoms in total. The molecular formula is C28H27N5OS. The first-order valence-corrected chi connectivity index (χ1v) is 13.0. The lowest BCUT2D eigenvalue weighted by molar-refractivity contribution is -0.114. The molecule has 1 amide bonds. The second-order valence-corrected chi connectivity index (χ2v) is 10.4. The zero-order chi connectivity index (χ0) is 23.9. The van der Waals surface area contributed by atoms with E-state index in [0.717, 1.165) is 46.6 Å². The minimum absolute atomic E-state index is 0.109. The Balaban J connectivity index is 1.39. The lowest BCUT2D eigenvalue weighted by Gasteiger charge is -2.20. The van der Waals surface area contributed by atoms with E-state index in [1.165, 1.54) is 36.6 Å². The molecule has 2 aliphatic heterocycles. The quantitative estimate of drug-likeness (QED) is 0.451. The molecule has 3 aliphatic rings. The summed E-state index contributed by atoms with van der Waals surface area (Å²) in [5.41, 5.74) is 4.61. The topological polar surface area (TPSA) is 73.8 Å². The maximum Gasteiger partial charge on any atom is 0.283 e. The van der Waals surface area contributed by atoms with E-state index in [1.807, 2.05) is 36.4 Å². The van der Waals surface area contributed by atoms with Gasteiger partial charge in [-0.3, -0.25) is 10.2 Å². The Bertz CT molecular complexity index is 1430. The number of para-hydroxylation sites is 1. The first kappa shape index (κ1) is 22.0. The van der Waals surface area contributed by atoms with Crippen molar-refractivity contribution in [1.82, 2.24) is 9.58 Å². The second kappa shape index (κ2) is 8.96. The van der Waals surface area contributed by atoms with Crippen molar-refractivity contribution in [2.45, 2.75) is 45.6 Å². The Hall–Kier alpha value is -3.45. The normalized spacial score (nSPS) is 19.9. The molecule has 0 unspecified atom stereocenters. The highest BCUT2D eigenvalue weighted by Crippen LogP contribution is 2.37. The van der Waals surface area contributed by atoms with Crippen LogP contribution in [0.4, 0.5) is 0 Å². The van der Waals surface area contributed by atoms with Crippen molar-refractivity contribution >= 4 is 50.7 Å². The van der Waals surface area contributed by atoms with Gasteiger partial charge in [0.1, 0.15) is 5.04 Å². The summed E-state index contributed by atoms with van der Waals surface area (Å²) >= 11 is 1.46. The molecule has 0 spiro atoms. The summed E-state index contributed by atoms with van der Waals surface area (Å²) in [6, 6.07) is 18.6. The van der Waals surface area contributed by atoms with E-state index in [0.29, 0.717) is 11.1 Å². The highest BCUT2D eigenvalue weighted by molar-refractivity contribution is 8.27. The Morgan fingerprint density at radius 1 is 1.06 bits per heavy atom. The number of nitrogens with zero attached hydrogens (tertiary/aromatic N) is 4. The molecule has 6 rings (SSSR count). The summed E-state index contributed by atoms with van der Waals surface area (Å²) in [7, 11) is 0. The Kier molecular flexibility index (Phi) is 5.65. The molecular weight excluding hydrogens is 454 g/mol. The first-order valence-electron chi connectivity index (χ1n) is 12.2. The predicted octanol–water partition coefficient (Wildman–Crippen LogP) is 6.20. The molecule has 1 fully saturated rings. The molecule has 3 aromatic rings. The number of fused-ring (bicyclic) bond motifs is 2. The lowest BCUT2D eigenvalue weighted by atomic mass is 9.90. The van der Waals surface area contributed by atoms with E-state index in [2.05, 4.69) is 40.7 Å². The summed E-state index contributed by atoms with van der Waals surface area (Å²) in [6.45, 7) is 2.81. The molecule has 1 aliphatic carbocycles. The molecule has 176 valence electrons. The minimum atomic E-state index is -0.367. The van der Waals surface area contributed by atoms with Crippen LogP contribution in [0.5, 0.6) is 0 Å². The van der Waals surface area contributed by atoms with Crippen LogP contribution in [-0.4, -0.2) is 31.5 Å². The van der Waals surface area contributed by atoms with Gasteiger partial charge in [-0.25, -0.2) is 0 Å². The van der Waals surface area contributed by atoms with E-state index in [-0.39, 0.29) is 17.3 Å². The number of carbonyl (C=O) groups excluding carboxylic acids is 1. The van der Waals surface area contributed by atoms with Crippen LogP contribution in [0, 0.1) is 18.3 Å². The SMILES string of the molecule is Cc1c(/C=C2/C(=N)N3N=C(C4CCCCC4)SC3=NC2=O)c2ccccc2n1Cc1ccccc1. The molecule has 1 N–H and O–H groups in total. The number of aromatic nitrogens is 1. The fourth-order valence-corrected chi connectivity index (χ4v) is 6.33. The number of thioether (sulfide) groups is 1. The first-order chi connectivity index (χ1) is 17.1. The number of benzene rings is 2. The van der Waals surface area contributed by atoms with E-state index in [4.69, 9.17) is 10.5 Å². The van der Waals surface area contributed by atoms with E-state index in [1.54, 1.807) is 5.01 Å². The number of amides is 1. The monoisotopic (exact) mass is 481 g/mol. The van der Waals surface area contributed by atoms with Crippen molar-refractivity contribution in [2.24, 2.45) is 16.0 Å². The molecule has 3 heterocycles. The smallest absolute Gasteiger partial charge is 0.283 e. The fraction of sp³-hybridized carbons (Fsp3) is 0.286. The largest absolute Gasteiger partial charge is 0.340 e. The average Bonchev–Trinajstić information content (AvgIpc) is 3.43. The molecule has 0 atom stereocenters. The van der Waals surface area contributed by atoms with Gasteiger partial charge in [0.05, 0.1) is 5.57 Å². The Morgan fingerprint density at radius 3 is 2.60 bits per heavy atom. The molecule has 7 heteroatoms. The van der Waals surface area contributed by atoms with Gasteiger partial charge in [0.25, 0.3) is 5.91 Å². The van der Waals surface area contributed by atoms with E-state index < -0.39 is 0 Å². The molecule has 0 saturated heterocycles. The van der Waals surface area contributed by atoms with E-state index in [9.17, 15) is 4.79 Å². The van der Waals surface area contributed by atoms with Gasteiger partial charge in [-0.15, -0.1) is 0 Å². The van der Waals surface area contributed by atoms with Crippen LogP contribution >= 0.6 is 11.8 Å². The number of aliphatic imine (C=N–C) groups is 1. The van der Waals surface area contributed by atoms with Crippen LogP contribution in [0.15, 0.2) is 70.3 Å². The zero-order valence-corrected chi connectivity index (χ0v) is 20.5. The van der Waals surface area contributed by atoms with Gasteiger partial charge in [-0.05, 0) is 49.2 Å². The van der Waals surface area contributed by atoms with Crippen molar-refractivity contribution in [2.75, 3.05) is 0 Å². The summed E-state index contributed by atoms with van der Waals surface area (Å²) in [6.07, 6.45) is 7.78. The van der Waals surface area contributed by atoms with Crippen molar-refractivity contribution in [1.29, 1.82) is 5.41 Å². The summed E-state index contributed by atoms with van der Waals surface area (Å²) in [5, 5.41) is 17.7. The molecule has 0 bridgehead atoms. The Morgan fingerprint density at radius 2 is 1.80 bits per heavy atom. The maximum absolute atomic E-state index is 13.1. The standard InChI is InChI=1S/C28H27N5OS/c1-18-22(21-14-8-9-15-24(21)32(18)17-19-10-4-2-5-11-19)16-23-25(29)33-28(30-26(23)34)35-27(31-33)20-12-6-3-7-13-20/h2,4-5,8-11,14-16,20,29H,3,6-7,12-13,17H2,1H3/b23-16-,29-25?. The number of amidine groups is 2. The van der Waals surface area contributed by atoms with Gasteiger partial charge < -0.3 is 4.57 Å². The van der Waals surface area contributed by atoms with Crippen LogP contribution in [0.2, 0.25) is 0 Å². The van der Waals surface area contributed by atoms with Crippen LogP contribution in [-0.2, 0) is 11.3 Å². The van der Waals surface area contributed by atoms with Crippen LogP contribution in [0.1, 0.15) is 48.9 Å². The summed E-state index contributed by atoms with van der Waals surface area (Å²) < 4.78 is 2.27. The highest BCUT2D eigenvalue weighted by atomic mass is 32.2. The van der Waals surface area contributed by atoms with Gasteiger partial charge in [0.15, 0.2) is 5.84 Å². The average molecular weight is 482 g/mol. The maximum atomic E-state index is 13.1. The third kappa shape index (κ3) is 3.93. The van der Waals surface area contributed by atoms with Gasteiger partial charge in [0, 0.05) is 34.6 Å². The van der Waals surface area contributed by atoms with Crippen molar-refractivity contribution in [3.63, 3.8) is 0 Å². The number of rotatable bonds is 4. The number of hydrogen-bond acceptors (Lipinski definition) is 4. The third-order valence-corrected chi connectivity index (χ3v) is 8.25. The third-order valence-electron chi connectivity index (χ3n) is 7.18. The molecule has 1 saturated carbocycles. The van der Waals surface area contributed by atoms with Crippen molar-refractivity contribution < 1.29 is 4.79 Å². The van der Waals surface area contributed by atoms with Gasteiger partial charge in [-0.2, -0.15) is 15.1 Å². The summed E-state index contributed by atoms with van der Waals surface area (Å²) in [4.78, 5) is 17.4. The van der Waals surface area contributed by atoms with Crippen molar-refractivity contribution in [3.05, 3.63) is 77.0 Å². The van der Waals surface area contributed by atoms with Gasteiger partial charge >= 0.3 is 0 Å². The van der Waals surface area contributed by atoms with E-state index >= 15 is 0 Å². The zero-order valence-electron chi connectivity index (χ0n) is 19.7. The lowest BCUT2D eigenvalue weighted by Crippen LogP contribution is -2.35.